The molecule has 146 valence electrons. The summed E-state index contributed by atoms with van der Waals surface area (Å²) in [6, 6.07) is 10.0. The predicted molar refractivity (Wildman–Crippen MR) is 100.0 cm³/mol. The second-order valence-corrected chi connectivity index (χ2v) is 7.53. The van der Waals surface area contributed by atoms with E-state index in [1.54, 1.807) is 6.92 Å². The van der Waals surface area contributed by atoms with Gasteiger partial charge in [-0.25, -0.2) is 0 Å². The number of benzene rings is 1. The second kappa shape index (κ2) is 7.14. The van der Waals surface area contributed by atoms with Crippen LogP contribution in [0.1, 0.15) is 46.0 Å². The number of nitrogens with one attached hydrogen (secondary N) is 1. The van der Waals surface area contributed by atoms with Crippen LogP contribution in [0.2, 0.25) is 0 Å². The number of hydrogen-bond acceptors (Lipinski definition) is 4. The van der Waals surface area contributed by atoms with Gasteiger partial charge in [0.25, 0.3) is 5.91 Å². The fourth-order valence-corrected chi connectivity index (χ4v) is 4.06. The van der Waals surface area contributed by atoms with Crippen molar-refractivity contribution in [3.05, 3.63) is 59.0 Å². The van der Waals surface area contributed by atoms with E-state index in [-0.39, 0.29) is 42.2 Å². The number of likely N-dealkylation sites (tertiary alicyclic amines) is 1. The van der Waals surface area contributed by atoms with E-state index in [4.69, 9.17) is 9.52 Å². The van der Waals surface area contributed by atoms with Crippen LogP contribution in [0.5, 0.6) is 0 Å². The van der Waals surface area contributed by atoms with Gasteiger partial charge >= 0.3 is 5.97 Å². The van der Waals surface area contributed by atoms with Gasteiger partial charge in [0.15, 0.2) is 0 Å². The molecule has 1 aliphatic heterocycles. The molecule has 2 aliphatic rings. The lowest BCUT2D eigenvalue weighted by atomic mass is 10.1. The molecular weight excluding hydrogens is 360 g/mol. The molecule has 1 aromatic heterocycles. The minimum atomic E-state index is -1.06. The van der Waals surface area contributed by atoms with Crippen LogP contribution in [-0.2, 0) is 16.0 Å². The zero-order valence-corrected chi connectivity index (χ0v) is 15.6. The molecule has 3 unspecified atom stereocenters. The number of carboxylic acids is 1. The van der Waals surface area contributed by atoms with Crippen LogP contribution in [-0.4, -0.2) is 46.4 Å². The van der Waals surface area contributed by atoms with E-state index >= 15 is 0 Å². The monoisotopic (exact) mass is 382 g/mol. The van der Waals surface area contributed by atoms with Crippen LogP contribution in [0.3, 0.4) is 0 Å². The van der Waals surface area contributed by atoms with E-state index in [1.165, 1.54) is 11.8 Å². The molecule has 28 heavy (non-hydrogen) atoms. The van der Waals surface area contributed by atoms with E-state index in [0.29, 0.717) is 18.0 Å². The quantitative estimate of drug-likeness (QED) is 0.797. The number of furan rings is 1. The number of hydrogen-bond donors (Lipinski definition) is 2. The second-order valence-electron chi connectivity index (χ2n) is 7.53. The van der Waals surface area contributed by atoms with Crippen molar-refractivity contribution in [3.63, 3.8) is 0 Å². The molecule has 2 amide bonds. The molecule has 4 rings (SSSR count). The third kappa shape index (κ3) is 3.52. The summed E-state index contributed by atoms with van der Waals surface area (Å²) in [5.41, 5.74) is 2.07. The largest absolute Gasteiger partial charge is 0.481 e. The van der Waals surface area contributed by atoms with Crippen molar-refractivity contribution in [1.82, 2.24) is 10.2 Å². The summed E-state index contributed by atoms with van der Waals surface area (Å²) in [4.78, 5) is 38.0. The van der Waals surface area contributed by atoms with E-state index in [2.05, 4.69) is 17.4 Å². The summed E-state index contributed by atoms with van der Waals surface area (Å²) in [7, 11) is 0. The van der Waals surface area contributed by atoms with Crippen LogP contribution >= 0.6 is 0 Å². The van der Waals surface area contributed by atoms with Gasteiger partial charge in [-0.3, -0.25) is 14.4 Å². The van der Waals surface area contributed by atoms with Crippen molar-refractivity contribution in [2.24, 2.45) is 0 Å². The Morgan fingerprint density at radius 3 is 2.75 bits per heavy atom. The van der Waals surface area contributed by atoms with Gasteiger partial charge in [-0.1, -0.05) is 30.3 Å². The minimum absolute atomic E-state index is 0.0448. The number of carbonyl (C=O) groups excluding carboxylic acids is 2. The summed E-state index contributed by atoms with van der Waals surface area (Å²) in [5.74, 6) is -0.917. The highest BCUT2D eigenvalue weighted by Gasteiger charge is 2.48. The van der Waals surface area contributed by atoms with Crippen molar-refractivity contribution in [1.29, 1.82) is 0 Å². The number of aliphatic carboxylic acids is 1. The van der Waals surface area contributed by atoms with Crippen molar-refractivity contribution >= 4 is 17.8 Å². The Kier molecular flexibility index (Phi) is 4.66. The molecule has 2 aromatic rings. The average Bonchev–Trinajstić information content (AvgIpc) is 3.25. The summed E-state index contributed by atoms with van der Waals surface area (Å²) in [5, 5.41) is 11.9. The summed E-state index contributed by atoms with van der Waals surface area (Å²) in [6.45, 7) is 2.17. The molecule has 2 fully saturated rings. The molecule has 1 saturated heterocycles. The number of nitrogens with zero attached hydrogens (tertiary/aromatic N) is 1. The Balaban J connectivity index is 1.40. The third-order valence-corrected chi connectivity index (χ3v) is 5.47. The van der Waals surface area contributed by atoms with E-state index in [9.17, 15) is 14.4 Å². The molecule has 1 aromatic carbocycles. The first-order valence-electron chi connectivity index (χ1n) is 9.38. The maximum absolute atomic E-state index is 12.7. The van der Waals surface area contributed by atoms with Crippen LogP contribution < -0.4 is 5.32 Å². The fraction of sp³-hybridized carbons (Fsp3) is 0.381. The lowest BCUT2D eigenvalue weighted by molar-refractivity contribution is -0.136. The Hall–Kier alpha value is -3.09. The molecule has 0 radical (unpaired) electrons. The van der Waals surface area contributed by atoms with Gasteiger partial charge in [-0.2, -0.15) is 0 Å². The summed E-state index contributed by atoms with van der Waals surface area (Å²) < 4.78 is 5.23. The molecule has 2 heterocycles. The van der Waals surface area contributed by atoms with E-state index in [1.807, 2.05) is 23.1 Å². The van der Waals surface area contributed by atoms with Gasteiger partial charge in [0.2, 0.25) is 5.91 Å². The van der Waals surface area contributed by atoms with Gasteiger partial charge in [-0.15, -0.1) is 0 Å². The molecule has 1 saturated carbocycles. The van der Waals surface area contributed by atoms with Gasteiger partial charge in [0, 0.05) is 30.5 Å². The molecule has 3 atom stereocenters. The lowest BCUT2D eigenvalue weighted by Gasteiger charge is -2.17. The highest BCUT2D eigenvalue weighted by Crippen LogP contribution is 2.45. The fourth-order valence-electron chi connectivity index (χ4n) is 4.06. The van der Waals surface area contributed by atoms with Crippen molar-refractivity contribution in [3.8, 4) is 0 Å². The molecular formula is C21H22N2O5. The highest BCUT2D eigenvalue weighted by molar-refractivity contribution is 5.98. The zero-order valence-electron chi connectivity index (χ0n) is 15.6. The van der Waals surface area contributed by atoms with Gasteiger partial charge in [0.05, 0.1) is 17.9 Å². The SMILES string of the molecule is Cc1coc(CC(=O)O)c1C(=O)NC1CC(=O)N(C2CC2c2ccccc2)C1. The smallest absolute Gasteiger partial charge is 0.311 e. The average molecular weight is 382 g/mol. The summed E-state index contributed by atoms with van der Waals surface area (Å²) in [6.07, 6.45) is 2.23. The van der Waals surface area contributed by atoms with E-state index in [0.717, 1.165) is 6.42 Å². The number of carbonyl (C=O) groups is 3. The number of aryl methyl sites for hydroxylation is 1. The molecule has 1 aliphatic carbocycles. The Bertz CT molecular complexity index is 920. The Morgan fingerprint density at radius 1 is 1.29 bits per heavy atom. The van der Waals surface area contributed by atoms with Crippen LogP contribution in [0.25, 0.3) is 0 Å². The van der Waals surface area contributed by atoms with E-state index < -0.39 is 11.9 Å². The molecule has 7 nitrogen and oxygen atoms in total. The van der Waals surface area contributed by atoms with Gasteiger partial charge < -0.3 is 19.7 Å². The minimum Gasteiger partial charge on any atom is -0.481 e. The molecule has 0 spiro atoms. The van der Waals surface area contributed by atoms with Crippen molar-refractivity contribution < 1.29 is 23.9 Å². The van der Waals surface area contributed by atoms with Gasteiger partial charge in [-0.05, 0) is 18.9 Å². The van der Waals surface area contributed by atoms with Gasteiger partial charge in [0.1, 0.15) is 12.2 Å². The topological polar surface area (TPSA) is 99.8 Å². The lowest BCUT2D eigenvalue weighted by Crippen LogP contribution is -2.38. The third-order valence-electron chi connectivity index (χ3n) is 5.47. The van der Waals surface area contributed by atoms with Crippen molar-refractivity contribution in [2.75, 3.05) is 6.54 Å². The zero-order chi connectivity index (χ0) is 19.8. The predicted octanol–water partition coefficient (Wildman–Crippen LogP) is 2.10. The highest BCUT2D eigenvalue weighted by atomic mass is 16.4. The molecule has 0 bridgehead atoms. The Labute approximate surface area is 162 Å². The number of rotatable bonds is 6. The first kappa shape index (κ1) is 18.3. The maximum atomic E-state index is 12.7. The molecule has 7 heteroatoms. The van der Waals surface area contributed by atoms with Crippen LogP contribution in [0.15, 0.2) is 41.0 Å². The van der Waals surface area contributed by atoms with Crippen LogP contribution in [0, 0.1) is 6.92 Å². The number of carboxylic acid groups (broad SMARTS) is 1. The number of amides is 2. The Morgan fingerprint density at radius 2 is 2.04 bits per heavy atom. The standard InChI is InChI=1S/C21H22N2O5/c1-12-11-28-17(9-19(25)26)20(12)21(27)22-14-7-18(24)23(10-14)16-8-15(16)13-5-3-2-4-6-13/h2-6,11,14-16H,7-10H2,1H3,(H,22,27)(H,25,26). The normalized spacial score (nSPS) is 23.7. The first-order chi connectivity index (χ1) is 13.4. The first-order valence-corrected chi connectivity index (χ1v) is 9.38. The maximum Gasteiger partial charge on any atom is 0.311 e. The summed E-state index contributed by atoms with van der Waals surface area (Å²) >= 11 is 0. The van der Waals surface area contributed by atoms with Crippen molar-refractivity contribution in [2.45, 2.75) is 44.2 Å². The molecule has 2 N–H and O–H groups in total. The van der Waals surface area contributed by atoms with Crippen LogP contribution in [0.4, 0.5) is 0 Å².